The van der Waals surface area contributed by atoms with Gasteiger partial charge in [-0.2, -0.15) is 0 Å². The van der Waals surface area contributed by atoms with Crippen molar-refractivity contribution in [2.45, 2.75) is 33.6 Å². The first-order valence-electron chi connectivity index (χ1n) is 10.4. The van der Waals surface area contributed by atoms with E-state index in [2.05, 4.69) is 16.7 Å². The van der Waals surface area contributed by atoms with E-state index in [1.54, 1.807) is 36.0 Å². The second kappa shape index (κ2) is 12.1. The van der Waals surface area contributed by atoms with Crippen LogP contribution in [0.3, 0.4) is 0 Å². The molecular weight excluding hydrogens is 408 g/mol. The summed E-state index contributed by atoms with van der Waals surface area (Å²) in [7, 11) is 0. The fourth-order valence-corrected chi connectivity index (χ4v) is 3.62. The number of carbonyl (C=O) groups is 3. The summed E-state index contributed by atoms with van der Waals surface area (Å²) in [5.41, 5.74) is 2.98. The van der Waals surface area contributed by atoms with Gasteiger partial charge in [-0.3, -0.25) is 14.4 Å². The van der Waals surface area contributed by atoms with Gasteiger partial charge in [-0.1, -0.05) is 44.2 Å². The molecule has 0 aromatic heterocycles. The van der Waals surface area contributed by atoms with E-state index in [0.717, 1.165) is 11.3 Å². The average Bonchev–Trinajstić information content (AvgIpc) is 2.78. The van der Waals surface area contributed by atoms with Crippen molar-refractivity contribution in [2.24, 2.45) is 5.92 Å². The van der Waals surface area contributed by atoms with Gasteiger partial charge in [0.05, 0.1) is 0 Å². The smallest absolute Gasteiger partial charge is 0.251 e. The standard InChI is InChI=1S/C25H30N2O3S/c1-5-22(31-4)18-12-14-21(15-13-18)27-23(28)7-6-16-26-25(30)20-10-8-19(9-11-20)24(29)17(2)3/h5,8-15,17H,6-7,16H2,1-4H3,(H,26,30)(H,27,28)/b22-5+. The molecule has 2 amide bonds. The SMILES string of the molecule is C/C=C(/SC)c1ccc(NC(=O)CCCNC(=O)c2ccc(C(=O)C(C)C)cc2)cc1. The van der Waals surface area contributed by atoms with E-state index in [9.17, 15) is 14.4 Å². The zero-order valence-electron chi connectivity index (χ0n) is 18.5. The van der Waals surface area contributed by atoms with Crippen LogP contribution in [0, 0.1) is 5.92 Å². The topological polar surface area (TPSA) is 75.3 Å². The summed E-state index contributed by atoms with van der Waals surface area (Å²) in [5.74, 6) is -0.327. The van der Waals surface area contributed by atoms with Crippen molar-refractivity contribution in [1.29, 1.82) is 0 Å². The summed E-state index contributed by atoms with van der Waals surface area (Å²) in [6.07, 6.45) is 4.95. The van der Waals surface area contributed by atoms with Crippen LogP contribution in [0.25, 0.3) is 4.91 Å². The number of nitrogens with one attached hydrogen (secondary N) is 2. The lowest BCUT2D eigenvalue weighted by atomic mass is 10.00. The van der Waals surface area contributed by atoms with E-state index >= 15 is 0 Å². The summed E-state index contributed by atoms with van der Waals surface area (Å²) in [5, 5.41) is 5.69. The number of hydrogen-bond acceptors (Lipinski definition) is 4. The van der Waals surface area contributed by atoms with E-state index < -0.39 is 0 Å². The lowest BCUT2D eigenvalue weighted by Crippen LogP contribution is -2.25. The Labute approximate surface area is 188 Å². The van der Waals surface area contributed by atoms with Crippen molar-refractivity contribution in [2.75, 3.05) is 18.1 Å². The van der Waals surface area contributed by atoms with Crippen molar-refractivity contribution in [3.05, 3.63) is 71.3 Å². The van der Waals surface area contributed by atoms with E-state index in [0.29, 0.717) is 30.5 Å². The molecule has 0 aliphatic heterocycles. The van der Waals surface area contributed by atoms with Gasteiger partial charge in [-0.05, 0) is 49.4 Å². The van der Waals surface area contributed by atoms with Crippen LogP contribution in [0.15, 0.2) is 54.6 Å². The highest BCUT2D eigenvalue weighted by atomic mass is 32.2. The summed E-state index contributed by atoms with van der Waals surface area (Å²) in [6, 6.07) is 14.4. The predicted octanol–water partition coefficient (Wildman–Crippen LogP) is 5.40. The van der Waals surface area contributed by atoms with Crippen LogP contribution in [0.1, 0.15) is 59.9 Å². The van der Waals surface area contributed by atoms with Crippen LogP contribution in [0.5, 0.6) is 0 Å². The minimum absolute atomic E-state index is 0.0548. The normalized spacial score (nSPS) is 11.3. The van der Waals surface area contributed by atoms with Crippen LogP contribution >= 0.6 is 11.8 Å². The molecule has 0 spiro atoms. The monoisotopic (exact) mass is 438 g/mol. The summed E-state index contributed by atoms with van der Waals surface area (Å²) >= 11 is 1.68. The third kappa shape index (κ3) is 7.40. The molecule has 2 aromatic carbocycles. The van der Waals surface area contributed by atoms with Gasteiger partial charge in [-0.15, -0.1) is 11.8 Å². The lowest BCUT2D eigenvalue weighted by molar-refractivity contribution is -0.116. The molecule has 0 radical (unpaired) electrons. The maximum Gasteiger partial charge on any atom is 0.251 e. The first kappa shape index (κ1) is 24.4. The quantitative estimate of drug-likeness (QED) is 0.385. The van der Waals surface area contributed by atoms with Crippen LogP contribution in [0.4, 0.5) is 5.69 Å². The fraction of sp³-hybridized carbons (Fsp3) is 0.320. The largest absolute Gasteiger partial charge is 0.352 e. The Morgan fingerprint density at radius 2 is 1.52 bits per heavy atom. The van der Waals surface area contributed by atoms with Gasteiger partial charge in [0.15, 0.2) is 5.78 Å². The van der Waals surface area contributed by atoms with E-state index in [1.807, 2.05) is 51.3 Å². The van der Waals surface area contributed by atoms with Crippen LogP contribution in [0.2, 0.25) is 0 Å². The van der Waals surface area contributed by atoms with Gasteiger partial charge >= 0.3 is 0 Å². The molecule has 0 heterocycles. The Morgan fingerprint density at radius 1 is 0.935 bits per heavy atom. The number of carbonyl (C=O) groups excluding carboxylic acids is 3. The fourth-order valence-electron chi connectivity index (χ4n) is 3.02. The minimum Gasteiger partial charge on any atom is -0.352 e. The molecule has 0 bridgehead atoms. The molecule has 2 rings (SSSR count). The van der Waals surface area contributed by atoms with Crippen molar-refractivity contribution in [3.8, 4) is 0 Å². The Kier molecular flexibility index (Phi) is 9.53. The molecule has 0 atom stereocenters. The summed E-state index contributed by atoms with van der Waals surface area (Å²) in [6.45, 7) is 6.10. The average molecular weight is 439 g/mol. The number of anilines is 1. The summed E-state index contributed by atoms with van der Waals surface area (Å²) < 4.78 is 0. The molecule has 164 valence electrons. The maximum atomic E-state index is 12.2. The molecule has 0 fully saturated rings. The molecular formula is C25H30N2O3S. The van der Waals surface area contributed by atoms with E-state index in [-0.39, 0.29) is 23.5 Å². The highest BCUT2D eigenvalue weighted by molar-refractivity contribution is 8.07. The number of benzene rings is 2. The number of hydrogen-bond donors (Lipinski definition) is 2. The Hall–Kier alpha value is -2.86. The van der Waals surface area contributed by atoms with Gasteiger partial charge in [-0.25, -0.2) is 0 Å². The Morgan fingerprint density at radius 3 is 2.06 bits per heavy atom. The van der Waals surface area contributed by atoms with Gasteiger partial charge in [0.2, 0.25) is 5.91 Å². The van der Waals surface area contributed by atoms with Crippen molar-refractivity contribution < 1.29 is 14.4 Å². The second-order valence-electron chi connectivity index (χ2n) is 7.44. The number of thioether (sulfide) groups is 1. The number of allylic oxidation sites excluding steroid dienone is 1. The van der Waals surface area contributed by atoms with E-state index in [4.69, 9.17) is 0 Å². The van der Waals surface area contributed by atoms with Crippen molar-refractivity contribution >= 4 is 40.0 Å². The highest BCUT2D eigenvalue weighted by Gasteiger charge is 2.12. The molecule has 0 saturated heterocycles. The zero-order valence-corrected chi connectivity index (χ0v) is 19.3. The number of Topliss-reactive ketones (excluding diaryl/α,β-unsaturated/α-hetero) is 1. The van der Waals surface area contributed by atoms with Crippen molar-refractivity contribution in [1.82, 2.24) is 5.32 Å². The second-order valence-corrected chi connectivity index (χ2v) is 8.29. The first-order valence-corrected chi connectivity index (χ1v) is 11.6. The van der Waals surface area contributed by atoms with Gasteiger partial charge < -0.3 is 10.6 Å². The van der Waals surface area contributed by atoms with Crippen LogP contribution in [-0.4, -0.2) is 30.4 Å². The number of ketones is 1. The van der Waals surface area contributed by atoms with Gasteiger partial charge in [0, 0.05) is 40.6 Å². The Bertz CT molecular complexity index is 932. The third-order valence-electron chi connectivity index (χ3n) is 4.76. The molecule has 0 aliphatic carbocycles. The molecule has 2 N–H and O–H groups in total. The number of rotatable bonds is 10. The molecule has 6 heteroatoms. The molecule has 0 unspecified atom stereocenters. The highest BCUT2D eigenvalue weighted by Crippen LogP contribution is 2.25. The minimum atomic E-state index is -0.215. The Balaban J connectivity index is 1.75. The van der Waals surface area contributed by atoms with Crippen LogP contribution < -0.4 is 10.6 Å². The van der Waals surface area contributed by atoms with Gasteiger partial charge in [0.25, 0.3) is 5.91 Å². The maximum absolute atomic E-state index is 12.2. The van der Waals surface area contributed by atoms with Crippen LogP contribution in [-0.2, 0) is 4.79 Å². The predicted molar refractivity (Wildman–Crippen MR) is 129 cm³/mol. The van der Waals surface area contributed by atoms with Crippen molar-refractivity contribution in [3.63, 3.8) is 0 Å². The third-order valence-corrected chi connectivity index (χ3v) is 5.67. The lowest BCUT2D eigenvalue weighted by Gasteiger charge is -2.09. The van der Waals surface area contributed by atoms with E-state index in [1.165, 1.54) is 4.91 Å². The van der Waals surface area contributed by atoms with Gasteiger partial charge in [0.1, 0.15) is 0 Å². The molecule has 5 nitrogen and oxygen atoms in total. The molecule has 31 heavy (non-hydrogen) atoms. The molecule has 0 aliphatic rings. The summed E-state index contributed by atoms with van der Waals surface area (Å²) in [4.78, 5) is 37.5. The molecule has 2 aromatic rings. The first-order chi connectivity index (χ1) is 14.8. The zero-order chi connectivity index (χ0) is 22.8. The molecule has 0 saturated carbocycles. The number of amides is 2.